The van der Waals surface area contributed by atoms with E-state index in [1.165, 1.54) is 0 Å². The smallest absolute Gasteiger partial charge is 0.166 e. The van der Waals surface area contributed by atoms with Gasteiger partial charge < -0.3 is 4.74 Å². The van der Waals surface area contributed by atoms with Crippen LogP contribution in [0.4, 0.5) is 0 Å². The summed E-state index contributed by atoms with van der Waals surface area (Å²) in [5, 5.41) is 0. The van der Waals surface area contributed by atoms with Crippen LogP contribution in [-0.2, 0) is 9.57 Å². The van der Waals surface area contributed by atoms with Crippen LogP contribution in [0.15, 0.2) is 0 Å². The maximum atomic E-state index is 5.04. The predicted molar refractivity (Wildman–Crippen MR) is 40.5 cm³/mol. The molecule has 0 saturated heterocycles. The molecule has 0 atom stereocenters. The third-order valence-corrected chi connectivity index (χ3v) is 0.945. The largest absolute Gasteiger partial charge is 0.354 e. The number of nitrogens with one attached hydrogen (secondary N) is 1. The Bertz CT molecular complexity index is 51.6. The summed E-state index contributed by atoms with van der Waals surface area (Å²) in [7, 11) is 0. The lowest BCUT2D eigenvalue weighted by Crippen LogP contribution is -2.17. The molecule has 0 spiro atoms. The Morgan fingerprint density at radius 3 is 2.60 bits per heavy atom. The first kappa shape index (κ1) is 9.88. The van der Waals surface area contributed by atoms with Gasteiger partial charge in [0.2, 0.25) is 0 Å². The van der Waals surface area contributed by atoms with Crippen LogP contribution in [0, 0.1) is 0 Å². The summed E-state index contributed by atoms with van der Waals surface area (Å²) in [6, 6.07) is 0. The van der Waals surface area contributed by atoms with Gasteiger partial charge in [-0.3, -0.25) is 4.84 Å². The van der Waals surface area contributed by atoms with Crippen molar-refractivity contribution >= 4 is 0 Å². The molecule has 0 bridgehead atoms. The number of hydrogen-bond donors (Lipinski definition) is 1. The molecule has 10 heavy (non-hydrogen) atoms. The third kappa shape index (κ3) is 7.88. The van der Waals surface area contributed by atoms with Crippen LogP contribution in [0.1, 0.15) is 26.7 Å². The van der Waals surface area contributed by atoms with Crippen molar-refractivity contribution in [2.45, 2.75) is 26.7 Å². The summed E-state index contributed by atoms with van der Waals surface area (Å²) in [6.07, 6.45) is 2.12. The highest BCUT2D eigenvalue weighted by Crippen LogP contribution is 1.79. The molecule has 0 amide bonds. The summed E-state index contributed by atoms with van der Waals surface area (Å²) in [6.45, 7) is 6.17. The summed E-state index contributed by atoms with van der Waals surface area (Å²) in [5.74, 6) is 0. The van der Waals surface area contributed by atoms with Crippen LogP contribution in [0.2, 0.25) is 0 Å². The fraction of sp³-hybridized carbons (Fsp3) is 1.00. The van der Waals surface area contributed by atoms with Gasteiger partial charge in [-0.15, -0.1) is 0 Å². The van der Waals surface area contributed by atoms with Crippen molar-refractivity contribution in [1.82, 2.24) is 5.48 Å². The van der Waals surface area contributed by atoms with Crippen LogP contribution in [-0.4, -0.2) is 19.9 Å². The van der Waals surface area contributed by atoms with Crippen LogP contribution in [0.3, 0.4) is 0 Å². The second-order valence-corrected chi connectivity index (χ2v) is 2.06. The van der Waals surface area contributed by atoms with Gasteiger partial charge in [0, 0.05) is 13.2 Å². The van der Waals surface area contributed by atoms with E-state index in [9.17, 15) is 0 Å². The van der Waals surface area contributed by atoms with Crippen molar-refractivity contribution < 1.29 is 9.57 Å². The topological polar surface area (TPSA) is 30.5 Å². The molecule has 0 radical (unpaired) electrons. The zero-order valence-corrected chi connectivity index (χ0v) is 6.85. The first-order chi connectivity index (χ1) is 4.91. The van der Waals surface area contributed by atoms with E-state index in [-0.39, 0.29) is 0 Å². The van der Waals surface area contributed by atoms with Crippen molar-refractivity contribution in [3.63, 3.8) is 0 Å². The zero-order valence-electron chi connectivity index (χ0n) is 6.85. The predicted octanol–water partition coefficient (Wildman–Crippen LogP) is 1.30. The third-order valence-electron chi connectivity index (χ3n) is 0.945. The number of rotatable bonds is 7. The molecule has 0 aliphatic rings. The Hall–Kier alpha value is -0.120. The molecular weight excluding hydrogens is 130 g/mol. The fourth-order valence-corrected chi connectivity index (χ4v) is 0.461. The van der Waals surface area contributed by atoms with Gasteiger partial charge in [-0.2, -0.15) is 5.48 Å². The summed E-state index contributed by atoms with van der Waals surface area (Å²) < 4.78 is 5.04. The van der Waals surface area contributed by atoms with Gasteiger partial charge in [0.25, 0.3) is 0 Å². The summed E-state index contributed by atoms with van der Waals surface area (Å²) in [5.41, 5.74) is 2.77. The average Bonchev–Trinajstić information content (AvgIpc) is 1.97. The molecule has 62 valence electrons. The monoisotopic (exact) mass is 147 g/mol. The second kappa shape index (κ2) is 8.88. The van der Waals surface area contributed by atoms with Gasteiger partial charge >= 0.3 is 0 Å². The minimum Gasteiger partial charge on any atom is -0.354 e. The lowest BCUT2D eigenvalue weighted by Gasteiger charge is -2.03. The summed E-state index contributed by atoms with van der Waals surface area (Å²) in [4.78, 5) is 4.90. The highest BCUT2D eigenvalue weighted by atomic mass is 16.7. The Balaban J connectivity index is 2.65. The maximum absolute atomic E-state index is 5.04. The molecule has 0 aromatic rings. The number of hydrogen-bond acceptors (Lipinski definition) is 3. The minimum atomic E-state index is 0.355. The van der Waals surface area contributed by atoms with Crippen LogP contribution < -0.4 is 5.48 Å². The average molecular weight is 147 g/mol. The molecular formula is C7H17NO2. The first-order valence-corrected chi connectivity index (χ1v) is 3.84. The lowest BCUT2D eigenvalue weighted by molar-refractivity contribution is -0.0984. The standard InChI is InChI=1S/C7H17NO2/c1-3-5-8-10-7-9-6-4-2/h8H,3-7H2,1-2H3. The Kier molecular flexibility index (Phi) is 8.77. The van der Waals surface area contributed by atoms with E-state index >= 15 is 0 Å². The number of hydroxylamine groups is 1. The maximum Gasteiger partial charge on any atom is 0.166 e. The number of ether oxygens (including phenoxy) is 1. The molecule has 0 aliphatic heterocycles. The Morgan fingerprint density at radius 1 is 1.20 bits per heavy atom. The van der Waals surface area contributed by atoms with E-state index in [1.54, 1.807) is 0 Å². The van der Waals surface area contributed by atoms with Gasteiger partial charge in [0.1, 0.15) is 0 Å². The molecule has 0 aliphatic carbocycles. The molecule has 0 aromatic carbocycles. The van der Waals surface area contributed by atoms with E-state index in [1.807, 2.05) is 0 Å². The molecule has 0 rings (SSSR count). The van der Waals surface area contributed by atoms with Gasteiger partial charge in [-0.1, -0.05) is 13.8 Å². The van der Waals surface area contributed by atoms with E-state index in [4.69, 9.17) is 9.57 Å². The molecule has 0 unspecified atom stereocenters. The molecule has 0 saturated carbocycles. The molecule has 1 N–H and O–H groups in total. The molecule has 3 heteroatoms. The summed E-state index contributed by atoms with van der Waals surface area (Å²) >= 11 is 0. The quantitative estimate of drug-likeness (QED) is 0.334. The molecule has 0 aromatic heterocycles. The normalized spacial score (nSPS) is 10.2. The van der Waals surface area contributed by atoms with Gasteiger partial charge in [-0.25, -0.2) is 0 Å². The van der Waals surface area contributed by atoms with E-state index in [0.29, 0.717) is 6.79 Å². The first-order valence-electron chi connectivity index (χ1n) is 3.84. The molecule has 0 heterocycles. The van der Waals surface area contributed by atoms with E-state index in [0.717, 1.165) is 26.0 Å². The lowest BCUT2D eigenvalue weighted by atomic mass is 10.5. The van der Waals surface area contributed by atoms with E-state index < -0.39 is 0 Å². The SMILES string of the molecule is CCCNOCOCCC. The van der Waals surface area contributed by atoms with Gasteiger partial charge in [-0.05, 0) is 12.8 Å². The highest BCUT2D eigenvalue weighted by Gasteiger charge is 1.84. The Morgan fingerprint density at radius 2 is 2.00 bits per heavy atom. The minimum absolute atomic E-state index is 0.355. The van der Waals surface area contributed by atoms with Crippen molar-refractivity contribution in [3.8, 4) is 0 Å². The molecule has 3 nitrogen and oxygen atoms in total. The van der Waals surface area contributed by atoms with Crippen molar-refractivity contribution in [2.24, 2.45) is 0 Å². The van der Waals surface area contributed by atoms with Crippen LogP contribution in [0.25, 0.3) is 0 Å². The fourth-order valence-electron chi connectivity index (χ4n) is 0.461. The van der Waals surface area contributed by atoms with Crippen LogP contribution >= 0.6 is 0 Å². The van der Waals surface area contributed by atoms with Gasteiger partial charge in [0.05, 0.1) is 0 Å². The van der Waals surface area contributed by atoms with Gasteiger partial charge in [0.15, 0.2) is 6.79 Å². The van der Waals surface area contributed by atoms with Crippen molar-refractivity contribution in [2.75, 3.05) is 19.9 Å². The van der Waals surface area contributed by atoms with Crippen molar-refractivity contribution in [3.05, 3.63) is 0 Å². The second-order valence-electron chi connectivity index (χ2n) is 2.06. The molecule has 0 fully saturated rings. The van der Waals surface area contributed by atoms with Crippen LogP contribution in [0.5, 0.6) is 0 Å². The Labute approximate surface area is 62.7 Å². The van der Waals surface area contributed by atoms with Crippen molar-refractivity contribution in [1.29, 1.82) is 0 Å². The van der Waals surface area contributed by atoms with E-state index in [2.05, 4.69) is 19.3 Å². The zero-order chi connectivity index (χ0) is 7.66. The highest BCUT2D eigenvalue weighted by molar-refractivity contribution is 4.25.